The number of hydrogen-bond donors (Lipinski definition) is 1. The van der Waals surface area contributed by atoms with E-state index in [-0.39, 0.29) is 10.6 Å². The Kier molecular flexibility index (Phi) is 4.74. The van der Waals surface area contributed by atoms with Crippen molar-refractivity contribution in [3.8, 4) is 0 Å². The summed E-state index contributed by atoms with van der Waals surface area (Å²) in [6.45, 7) is 6.28. The first-order chi connectivity index (χ1) is 9.15. The van der Waals surface area contributed by atoms with Crippen LogP contribution in [0.2, 0.25) is 0 Å². The van der Waals surface area contributed by atoms with Gasteiger partial charge in [-0.2, -0.15) is 0 Å². The van der Waals surface area contributed by atoms with Gasteiger partial charge in [-0.1, -0.05) is 0 Å². The molecule has 0 saturated carbocycles. The molecule has 0 aromatic heterocycles. The number of nitro groups is 1. The van der Waals surface area contributed by atoms with Crippen LogP contribution in [0.25, 0.3) is 0 Å². The number of anilines is 1. The van der Waals surface area contributed by atoms with E-state index in [1.807, 2.05) is 13.0 Å². The van der Waals surface area contributed by atoms with Crippen molar-refractivity contribution >= 4 is 11.4 Å². The van der Waals surface area contributed by atoms with Gasteiger partial charge < -0.3 is 10.2 Å². The zero-order chi connectivity index (χ0) is 13.7. The lowest BCUT2D eigenvalue weighted by molar-refractivity contribution is -0.384. The smallest absolute Gasteiger partial charge is 0.271 e. The average molecular weight is 263 g/mol. The van der Waals surface area contributed by atoms with Crippen molar-refractivity contribution in [3.63, 3.8) is 0 Å². The Morgan fingerprint density at radius 2 is 2.05 bits per heavy atom. The third-order valence-corrected chi connectivity index (χ3v) is 3.45. The lowest BCUT2D eigenvalue weighted by atomic mass is 10.2. The average Bonchev–Trinajstić information content (AvgIpc) is 2.87. The van der Waals surface area contributed by atoms with Crippen LogP contribution in [0.3, 0.4) is 0 Å². The Morgan fingerprint density at radius 1 is 1.32 bits per heavy atom. The molecule has 0 radical (unpaired) electrons. The van der Waals surface area contributed by atoms with Crippen molar-refractivity contribution in [2.45, 2.75) is 26.2 Å². The van der Waals surface area contributed by atoms with E-state index in [1.54, 1.807) is 12.1 Å². The minimum Gasteiger partial charge on any atom is -0.385 e. The van der Waals surface area contributed by atoms with E-state index < -0.39 is 0 Å². The summed E-state index contributed by atoms with van der Waals surface area (Å²) < 4.78 is 0. The third-order valence-electron chi connectivity index (χ3n) is 3.45. The molecule has 0 spiro atoms. The SMILES string of the molecule is Cc1cc(NCCCN2CCCC2)cc([N+](=O)[O-])c1. The molecule has 1 saturated heterocycles. The van der Waals surface area contributed by atoms with Crippen molar-refractivity contribution < 1.29 is 4.92 Å². The van der Waals surface area contributed by atoms with Crippen molar-refractivity contribution in [2.75, 3.05) is 31.5 Å². The van der Waals surface area contributed by atoms with Gasteiger partial charge in [0.2, 0.25) is 0 Å². The van der Waals surface area contributed by atoms with Gasteiger partial charge in [0, 0.05) is 24.4 Å². The van der Waals surface area contributed by atoms with Crippen LogP contribution in [0.1, 0.15) is 24.8 Å². The number of non-ortho nitro benzene ring substituents is 1. The molecule has 2 rings (SSSR count). The van der Waals surface area contributed by atoms with E-state index >= 15 is 0 Å². The lowest BCUT2D eigenvalue weighted by Crippen LogP contribution is -2.22. The minimum atomic E-state index is -0.345. The summed E-state index contributed by atoms with van der Waals surface area (Å²) in [5, 5.41) is 14.1. The van der Waals surface area contributed by atoms with E-state index in [4.69, 9.17) is 0 Å². The van der Waals surface area contributed by atoms with Gasteiger partial charge in [-0.3, -0.25) is 10.1 Å². The topological polar surface area (TPSA) is 58.4 Å². The Labute approximate surface area is 113 Å². The summed E-state index contributed by atoms with van der Waals surface area (Å²) in [4.78, 5) is 12.9. The summed E-state index contributed by atoms with van der Waals surface area (Å²) in [5.41, 5.74) is 1.91. The van der Waals surface area contributed by atoms with Crippen LogP contribution in [0, 0.1) is 17.0 Å². The van der Waals surface area contributed by atoms with Gasteiger partial charge in [0.25, 0.3) is 5.69 Å². The third kappa shape index (κ3) is 4.21. The first kappa shape index (κ1) is 13.8. The Morgan fingerprint density at radius 3 is 2.74 bits per heavy atom. The normalized spacial score (nSPS) is 15.6. The van der Waals surface area contributed by atoms with E-state index in [2.05, 4.69) is 10.2 Å². The van der Waals surface area contributed by atoms with Crippen LogP contribution >= 0.6 is 0 Å². The zero-order valence-corrected chi connectivity index (χ0v) is 11.4. The summed E-state index contributed by atoms with van der Waals surface area (Å²) in [6, 6.07) is 5.14. The number of rotatable bonds is 6. The Bertz CT molecular complexity index is 442. The van der Waals surface area contributed by atoms with Gasteiger partial charge in [0.05, 0.1) is 4.92 Å². The van der Waals surface area contributed by atoms with E-state index in [0.717, 1.165) is 30.8 Å². The van der Waals surface area contributed by atoms with Gasteiger partial charge in [0.15, 0.2) is 0 Å². The van der Waals surface area contributed by atoms with Crippen LogP contribution in [0.4, 0.5) is 11.4 Å². The second-order valence-electron chi connectivity index (χ2n) is 5.14. The predicted molar refractivity (Wildman–Crippen MR) is 76.6 cm³/mol. The highest BCUT2D eigenvalue weighted by atomic mass is 16.6. The molecule has 5 nitrogen and oxygen atoms in total. The number of hydrogen-bond acceptors (Lipinski definition) is 4. The van der Waals surface area contributed by atoms with Gasteiger partial charge in [-0.25, -0.2) is 0 Å². The molecule has 19 heavy (non-hydrogen) atoms. The molecule has 0 bridgehead atoms. The maximum atomic E-state index is 10.8. The van der Waals surface area contributed by atoms with Crippen molar-refractivity contribution in [2.24, 2.45) is 0 Å². The fourth-order valence-corrected chi connectivity index (χ4v) is 2.51. The summed E-state index contributed by atoms with van der Waals surface area (Å²) in [5.74, 6) is 0. The molecule has 0 aliphatic carbocycles. The van der Waals surface area contributed by atoms with Crippen LogP contribution in [-0.4, -0.2) is 36.0 Å². The van der Waals surface area contributed by atoms with Crippen LogP contribution in [0.15, 0.2) is 18.2 Å². The Hall–Kier alpha value is -1.62. The highest BCUT2D eigenvalue weighted by Gasteiger charge is 2.10. The van der Waals surface area contributed by atoms with E-state index in [9.17, 15) is 10.1 Å². The monoisotopic (exact) mass is 263 g/mol. The molecule has 1 aliphatic rings. The van der Waals surface area contributed by atoms with Gasteiger partial charge in [-0.15, -0.1) is 0 Å². The summed E-state index contributed by atoms with van der Waals surface area (Å²) in [7, 11) is 0. The molecule has 1 aromatic rings. The molecule has 0 amide bonds. The van der Waals surface area contributed by atoms with Crippen LogP contribution in [-0.2, 0) is 0 Å². The largest absolute Gasteiger partial charge is 0.385 e. The number of nitro benzene ring substituents is 1. The molecule has 1 heterocycles. The molecule has 1 N–H and O–H groups in total. The van der Waals surface area contributed by atoms with Crippen molar-refractivity contribution in [1.82, 2.24) is 4.90 Å². The second kappa shape index (κ2) is 6.52. The maximum absolute atomic E-state index is 10.8. The van der Waals surface area contributed by atoms with Crippen LogP contribution in [0.5, 0.6) is 0 Å². The van der Waals surface area contributed by atoms with Crippen molar-refractivity contribution in [1.29, 1.82) is 0 Å². The quantitative estimate of drug-likeness (QED) is 0.487. The number of nitrogens with zero attached hydrogens (tertiary/aromatic N) is 2. The molecule has 1 fully saturated rings. The molecule has 104 valence electrons. The molecular weight excluding hydrogens is 242 g/mol. The highest BCUT2D eigenvalue weighted by molar-refractivity contribution is 5.53. The van der Waals surface area contributed by atoms with Gasteiger partial charge in [0.1, 0.15) is 0 Å². The van der Waals surface area contributed by atoms with E-state index in [1.165, 1.54) is 25.9 Å². The minimum absolute atomic E-state index is 0.155. The fraction of sp³-hybridized carbons (Fsp3) is 0.571. The number of benzene rings is 1. The first-order valence-corrected chi connectivity index (χ1v) is 6.87. The molecule has 0 unspecified atom stereocenters. The molecule has 5 heteroatoms. The summed E-state index contributed by atoms with van der Waals surface area (Å²) >= 11 is 0. The van der Waals surface area contributed by atoms with Gasteiger partial charge >= 0.3 is 0 Å². The van der Waals surface area contributed by atoms with Crippen molar-refractivity contribution in [3.05, 3.63) is 33.9 Å². The lowest BCUT2D eigenvalue weighted by Gasteiger charge is -2.14. The molecule has 1 aromatic carbocycles. The standard InChI is InChI=1S/C14H21N3O2/c1-12-9-13(11-14(10-12)17(18)19)15-5-4-8-16-6-2-3-7-16/h9-11,15H,2-8H2,1H3. The zero-order valence-electron chi connectivity index (χ0n) is 11.4. The first-order valence-electron chi connectivity index (χ1n) is 6.87. The molecule has 1 aliphatic heterocycles. The maximum Gasteiger partial charge on any atom is 0.271 e. The second-order valence-corrected chi connectivity index (χ2v) is 5.14. The Balaban J connectivity index is 1.80. The molecule has 0 atom stereocenters. The number of nitrogens with one attached hydrogen (secondary N) is 1. The predicted octanol–water partition coefficient (Wildman–Crippen LogP) is 2.80. The number of likely N-dealkylation sites (tertiary alicyclic amines) is 1. The molecular formula is C14H21N3O2. The van der Waals surface area contributed by atoms with E-state index in [0.29, 0.717) is 0 Å². The summed E-state index contributed by atoms with van der Waals surface area (Å²) in [6.07, 6.45) is 3.71. The van der Waals surface area contributed by atoms with Gasteiger partial charge in [-0.05, 0) is 57.5 Å². The fourth-order valence-electron chi connectivity index (χ4n) is 2.51. The highest BCUT2D eigenvalue weighted by Crippen LogP contribution is 2.20. The van der Waals surface area contributed by atoms with Crippen LogP contribution < -0.4 is 5.32 Å². The number of aryl methyl sites for hydroxylation is 1.